The second-order valence-corrected chi connectivity index (χ2v) is 4.60. The molecule has 0 amide bonds. The van der Waals surface area contributed by atoms with Crippen molar-refractivity contribution in [3.05, 3.63) is 32.4 Å². The Bertz CT molecular complexity index is 498. The number of alkyl halides is 2. The maximum atomic E-state index is 12.7. The third-order valence-corrected chi connectivity index (χ3v) is 3.07. The van der Waals surface area contributed by atoms with Crippen LogP contribution in [-0.2, 0) is 16.0 Å². The second kappa shape index (κ2) is 6.64. The summed E-state index contributed by atoms with van der Waals surface area (Å²) in [7, 11) is 0. The monoisotopic (exact) mass is 365 g/mol. The van der Waals surface area contributed by atoms with Gasteiger partial charge in [0.2, 0.25) is 0 Å². The molecule has 0 aromatic heterocycles. The first-order chi connectivity index (χ1) is 8.49. The highest BCUT2D eigenvalue weighted by Crippen LogP contribution is 2.29. The van der Waals surface area contributed by atoms with E-state index >= 15 is 0 Å². The standard InChI is InChI=1S/C12H10F2INO2/c1-2-18-10(17)5-7-3-8(6-16)11(12(13)14)9(15)4-7/h3-4,12H,2,5H2,1H3. The average Bonchev–Trinajstić information content (AvgIpc) is 2.27. The zero-order valence-electron chi connectivity index (χ0n) is 9.54. The molecule has 1 aromatic rings. The summed E-state index contributed by atoms with van der Waals surface area (Å²) in [5, 5.41) is 8.85. The Hall–Kier alpha value is -1.23. The van der Waals surface area contributed by atoms with Crippen molar-refractivity contribution in [2.24, 2.45) is 0 Å². The third kappa shape index (κ3) is 3.63. The van der Waals surface area contributed by atoms with Crippen LogP contribution in [0.2, 0.25) is 0 Å². The molecule has 0 saturated heterocycles. The summed E-state index contributed by atoms with van der Waals surface area (Å²) in [4.78, 5) is 11.3. The van der Waals surface area contributed by atoms with Gasteiger partial charge in [-0.15, -0.1) is 0 Å². The Kier molecular flexibility index (Phi) is 5.47. The SMILES string of the molecule is CCOC(=O)Cc1cc(I)c(C(F)F)c(C#N)c1. The van der Waals surface area contributed by atoms with Crippen molar-refractivity contribution in [3.63, 3.8) is 0 Å². The van der Waals surface area contributed by atoms with Crippen LogP contribution in [-0.4, -0.2) is 12.6 Å². The molecular weight excluding hydrogens is 355 g/mol. The van der Waals surface area contributed by atoms with E-state index in [1.807, 2.05) is 0 Å². The van der Waals surface area contributed by atoms with Crippen LogP contribution >= 0.6 is 22.6 Å². The smallest absolute Gasteiger partial charge is 0.310 e. The van der Waals surface area contributed by atoms with Crippen LogP contribution in [0.1, 0.15) is 30.0 Å². The molecule has 0 N–H and O–H groups in total. The number of nitriles is 1. The highest BCUT2D eigenvalue weighted by Gasteiger charge is 2.18. The van der Waals surface area contributed by atoms with Crippen LogP contribution in [0.25, 0.3) is 0 Å². The molecule has 18 heavy (non-hydrogen) atoms. The molecule has 0 saturated carbocycles. The molecule has 0 atom stereocenters. The lowest BCUT2D eigenvalue weighted by molar-refractivity contribution is -0.142. The van der Waals surface area contributed by atoms with Gasteiger partial charge in [-0.05, 0) is 47.2 Å². The molecule has 96 valence electrons. The summed E-state index contributed by atoms with van der Waals surface area (Å²) in [6.45, 7) is 1.94. The topological polar surface area (TPSA) is 50.1 Å². The van der Waals surface area contributed by atoms with Gasteiger partial charge in [0.05, 0.1) is 24.7 Å². The summed E-state index contributed by atoms with van der Waals surface area (Å²) in [6, 6.07) is 4.50. The van der Waals surface area contributed by atoms with Gasteiger partial charge in [0.15, 0.2) is 0 Å². The van der Waals surface area contributed by atoms with E-state index in [1.54, 1.807) is 35.6 Å². The third-order valence-electron chi connectivity index (χ3n) is 2.18. The molecule has 0 aliphatic rings. The Morgan fingerprint density at radius 2 is 2.22 bits per heavy atom. The summed E-state index contributed by atoms with van der Waals surface area (Å²) < 4.78 is 30.5. The number of rotatable bonds is 4. The van der Waals surface area contributed by atoms with E-state index in [0.29, 0.717) is 5.56 Å². The normalized spacial score (nSPS) is 10.2. The number of nitrogens with zero attached hydrogens (tertiary/aromatic N) is 1. The van der Waals surface area contributed by atoms with Crippen LogP contribution in [0.5, 0.6) is 0 Å². The van der Waals surface area contributed by atoms with Crippen LogP contribution < -0.4 is 0 Å². The summed E-state index contributed by atoms with van der Waals surface area (Å²) >= 11 is 1.74. The van der Waals surface area contributed by atoms with Gasteiger partial charge in [0.25, 0.3) is 6.43 Å². The molecule has 0 unspecified atom stereocenters. The number of hydrogen-bond donors (Lipinski definition) is 0. The summed E-state index contributed by atoms with van der Waals surface area (Å²) in [6.07, 6.45) is -2.73. The molecule has 0 aliphatic heterocycles. The lowest BCUT2D eigenvalue weighted by Gasteiger charge is -2.09. The Balaban J connectivity index is 3.08. The first-order valence-electron chi connectivity index (χ1n) is 5.15. The number of carbonyl (C=O) groups excluding carboxylic acids is 1. The van der Waals surface area contributed by atoms with Crippen LogP contribution in [0.15, 0.2) is 12.1 Å². The minimum Gasteiger partial charge on any atom is -0.466 e. The van der Waals surface area contributed by atoms with E-state index in [0.717, 1.165) is 0 Å². The number of esters is 1. The zero-order chi connectivity index (χ0) is 13.7. The van der Waals surface area contributed by atoms with Crippen molar-refractivity contribution in [1.82, 2.24) is 0 Å². The highest BCUT2D eigenvalue weighted by atomic mass is 127. The number of ether oxygens (including phenoxy) is 1. The Morgan fingerprint density at radius 3 is 2.72 bits per heavy atom. The lowest BCUT2D eigenvalue weighted by atomic mass is 10.0. The lowest BCUT2D eigenvalue weighted by Crippen LogP contribution is -2.08. The largest absolute Gasteiger partial charge is 0.466 e. The van der Waals surface area contributed by atoms with Crippen molar-refractivity contribution < 1.29 is 18.3 Å². The van der Waals surface area contributed by atoms with Gasteiger partial charge in [-0.3, -0.25) is 4.79 Å². The van der Waals surface area contributed by atoms with Crippen LogP contribution in [0.4, 0.5) is 8.78 Å². The Labute approximate surface area is 117 Å². The van der Waals surface area contributed by atoms with Gasteiger partial charge in [-0.2, -0.15) is 5.26 Å². The molecule has 0 bridgehead atoms. The number of benzene rings is 1. The number of carbonyl (C=O) groups is 1. The van der Waals surface area contributed by atoms with Gasteiger partial charge in [-0.25, -0.2) is 8.78 Å². The van der Waals surface area contributed by atoms with Gasteiger partial charge in [0, 0.05) is 9.13 Å². The molecule has 3 nitrogen and oxygen atoms in total. The maximum Gasteiger partial charge on any atom is 0.310 e. The van der Waals surface area contributed by atoms with E-state index in [9.17, 15) is 13.6 Å². The second-order valence-electron chi connectivity index (χ2n) is 3.43. The first kappa shape index (κ1) is 14.8. The molecule has 6 heteroatoms. The summed E-state index contributed by atoms with van der Waals surface area (Å²) in [5.41, 5.74) is 0.112. The predicted molar refractivity (Wildman–Crippen MR) is 69.2 cm³/mol. The van der Waals surface area contributed by atoms with E-state index in [4.69, 9.17) is 10.00 Å². The summed E-state index contributed by atoms with van der Waals surface area (Å²) in [5.74, 6) is -0.443. The average molecular weight is 365 g/mol. The van der Waals surface area contributed by atoms with Gasteiger partial charge in [0.1, 0.15) is 0 Å². The minimum absolute atomic E-state index is 0.0258. The molecular formula is C12H10F2INO2. The van der Waals surface area contributed by atoms with Crippen molar-refractivity contribution in [3.8, 4) is 6.07 Å². The Morgan fingerprint density at radius 1 is 1.56 bits per heavy atom. The first-order valence-corrected chi connectivity index (χ1v) is 6.23. The van der Waals surface area contributed by atoms with E-state index < -0.39 is 12.4 Å². The molecule has 0 heterocycles. The zero-order valence-corrected chi connectivity index (χ0v) is 11.7. The molecule has 0 fully saturated rings. The molecule has 1 rings (SSSR count). The van der Waals surface area contributed by atoms with E-state index in [2.05, 4.69) is 0 Å². The molecule has 0 spiro atoms. The molecule has 1 aromatic carbocycles. The molecule has 0 aliphatic carbocycles. The van der Waals surface area contributed by atoms with Gasteiger partial charge < -0.3 is 4.74 Å². The van der Waals surface area contributed by atoms with Crippen molar-refractivity contribution in [2.45, 2.75) is 19.8 Å². The number of halogens is 3. The van der Waals surface area contributed by atoms with Crippen molar-refractivity contribution in [1.29, 1.82) is 5.26 Å². The fraction of sp³-hybridized carbons (Fsp3) is 0.333. The molecule has 0 radical (unpaired) electrons. The fourth-order valence-electron chi connectivity index (χ4n) is 1.47. The fourth-order valence-corrected chi connectivity index (χ4v) is 2.39. The minimum atomic E-state index is -2.71. The van der Waals surface area contributed by atoms with Crippen molar-refractivity contribution >= 4 is 28.6 Å². The predicted octanol–water partition coefficient (Wildman–Crippen LogP) is 3.21. The van der Waals surface area contributed by atoms with Gasteiger partial charge in [-0.1, -0.05) is 0 Å². The van der Waals surface area contributed by atoms with E-state index in [-0.39, 0.29) is 27.7 Å². The van der Waals surface area contributed by atoms with Crippen LogP contribution in [0, 0.1) is 14.9 Å². The van der Waals surface area contributed by atoms with Crippen molar-refractivity contribution in [2.75, 3.05) is 6.61 Å². The number of hydrogen-bond acceptors (Lipinski definition) is 3. The van der Waals surface area contributed by atoms with E-state index in [1.165, 1.54) is 12.1 Å². The highest BCUT2D eigenvalue weighted by molar-refractivity contribution is 14.1. The maximum absolute atomic E-state index is 12.7. The quantitative estimate of drug-likeness (QED) is 0.608. The van der Waals surface area contributed by atoms with Gasteiger partial charge >= 0.3 is 5.97 Å². The van der Waals surface area contributed by atoms with Crippen LogP contribution in [0.3, 0.4) is 0 Å².